The Morgan fingerprint density at radius 3 is 2.57 bits per heavy atom. The Morgan fingerprint density at radius 1 is 1.29 bits per heavy atom. The van der Waals surface area contributed by atoms with Gasteiger partial charge < -0.3 is 10.4 Å². The Bertz CT molecular complexity index is 731. The number of nitro benzene ring substituents is 1. The van der Waals surface area contributed by atoms with Gasteiger partial charge in [0.1, 0.15) is 11.4 Å². The van der Waals surface area contributed by atoms with Crippen molar-refractivity contribution < 1.29 is 19.2 Å². The molecule has 0 fully saturated rings. The molecule has 108 valence electrons. The smallest absolute Gasteiger partial charge is 0.342 e. The van der Waals surface area contributed by atoms with Crippen molar-refractivity contribution in [3.63, 3.8) is 0 Å². The van der Waals surface area contributed by atoms with Crippen LogP contribution in [0.4, 0.5) is 21.5 Å². The summed E-state index contributed by atoms with van der Waals surface area (Å²) in [7, 11) is 0. The zero-order chi connectivity index (χ0) is 15.6. The molecule has 0 aliphatic carbocycles. The molecular formula is C14H11FN2O4. The number of carboxylic acid groups (broad SMARTS) is 1. The van der Waals surface area contributed by atoms with Crippen LogP contribution >= 0.6 is 0 Å². The van der Waals surface area contributed by atoms with Crippen LogP contribution in [-0.4, -0.2) is 16.0 Å². The first kappa shape index (κ1) is 14.4. The number of carbonyl (C=O) groups is 1. The van der Waals surface area contributed by atoms with Gasteiger partial charge >= 0.3 is 5.97 Å². The van der Waals surface area contributed by atoms with Gasteiger partial charge in [0.05, 0.1) is 10.6 Å². The van der Waals surface area contributed by atoms with Crippen molar-refractivity contribution in [1.29, 1.82) is 0 Å². The van der Waals surface area contributed by atoms with Gasteiger partial charge in [-0.3, -0.25) is 10.1 Å². The monoisotopic (exact) mass is 290 g/mol. The van der Waals surface area contributed by atoms with Crippen LogP contribution in [0, 0.1) is 22.9 Å². The fourth-order valence-corrected chi connectivity index (χ4v) is 1.82. The summed E-state index contributed by atoms with van der Waals surface area (Å²) in [6.45, 7) is 1.74. The molecule has 0 spiro atoms. The number of benzene rings is 2. The van der Waals surface area contributed by atoms with Crippen molar-refractivity contribution in [2.75, 3.05) is 5.32 Å². The molecule has 2 rings (SSSR count). The molecule has 2 N–H and O–H groups in total. The van der Waals surface area contributed by atoms with Crippen molar-refractivity contribution in [3.8, 4) is 0 Å². The number of carboxylic acids is 1. The van der Waals surface area contributed by atoms with E-state index in [4.69, 9.17) is 5.11 Å². The van der Waals surface area contributed by atoms with E-state index < -0.39 is 28.0 Å². The van der Waals surface area contributed by atoms with Gasteiger partial charge in [-0.2, -0.15) is 0 Å². The predicted octanol–water partition coefficient (Wildman–Crippen LogP) is 3.48. The van der Waals surface area contributed by atoms with Crippen molar-refractivity contribution in [1.82, 2.24) is 0 Å². The van der Waals surface area contributed by atoms with E-state index in [1.165, 1.54) is 18.2 Å². The zero-order valence-electron chi connectivity index (χ0n) is 11.0. The maximum absolute atomic E-state index is 13.7. The molecule has 6 nitrogen and oxygen atoms in total. The molecule has 0 radical (unpaired) electrons. The van der Waals surface area contributed by atoms with E-state index in [0.717, 1.165) is 17.7 Å². The Labute approximate surface area is 119 Å². The summed E-state index contributed by atoms with van der Waals surface area (Å²) < 4.78 is 13.7. The van der Waals surface area contributed by atoms with Crippen LogP contribution in [-0.2, 0) is 0 Å². The third-order valence-electron chi connectivity index (χ3n) is 2.83. The number of nitrogens with one attached hydrogen (secondary N) is 1. The lowest BCUT2D eigenvalue weighted by Crippen LogP contribution is -2.03. The summed E-state index contributed by atoms with van der Waals surface area (Å²) in [4.78, 5) is 21.0. The first-order valence-electron chi connectivity index (χ1n) is 5.93. The van der Waals surface area contributed by atoms with Gasteiger partial charge in [0, 0.05) is 11.8 Å². The molecule has 21 heavy (non-hydrogen) atoms. The molecule has 2 aromatic rings. The number of hydrogen-bond donors (Lipinski definition) is 2. The Balaban J connectivity index is 2.39. The Morgan fingerprint density at radius 2 is 2.00 bits per heavy atom. The maximum atomic E-state index is 13.7. The van der Waals surface area contributed by atoms with Crippen LogP contribution in [0.1, 0.15) is 15.9 Å². The van der Waals surface area contributed by atoms with Crippen LogP contribution in [0.2, 0.25) is 0 Å². The number of aryl methyl sites for hydroxylation is 1. The molecule has 0 bridgehead atoms. The average Bonchev–Trinajstić information content (AvgIpc) is 2.41. The van der Waals surface area contributed by atoms with Gasteiger partial charge in [0.2, 0.25) is 0 Å². The number of nitro groups is 1. The summed E-state index contributed by atoms with van der Waals surface area (Å²) in [5.41, 5.74) is 0.146. The van der Waals surface area contributed by atoms with E-state index in [1.807, 2.05) is 0 Å². The van der Waals surface area contributed by atoms with E-state index in [0.29, 0.717) is 0 Å². The molecule has 0 aliphatic heterocycles. The van der Waals surface area contributed by atoms with Gasteiger partial charge in [-0.05, 0) is 36.8 Å². The van der Waals surface area contributed by atoms with Crippen LogP contribution in [0.25, 0.3) is 0 Å². The molecule has 0 heterocycles. The first-order chi connectivity index (χ1) is 9.88. The molecule has 0 amide bonds. The molecule has 0 unspecified atom stereocenters. The van der Waals surface area contributed by atoms with Gasteiger partial charge in [-0.15, -0.1) is 0 Å². The molecule has 0 saturated heterocycles. The standard InChI is InChI=1S/C14H11FN2O4/c1-8-2-5-12(11(15)6-8)16-9-3-4-10(14(18)19)13(7-9)17(20)21/h2-7,16H,1H3,(H,18,19). The van der Waals surface area contributed by atoms with Crippen LogP contribution in [0.5, 0.6) is 0 Å². The lowest BCUT2D eigenvalue weighted by molar-refractivity contribution is -0.385. The van der Waals surface area contributed by atoms with E-state index in [9.17, 15) is 19.3 Å². The average molecular weight is 290 g/mol. The summed E-state index contributed by atoms with van der Waals surface area (Å²) in [6, 6.07) is 8.02. The Kier molecular flexibility index (Phi) is 3.84. The number of aromatic carboxylic acids is 1. The topological polar surface area (TPSA) is 92.5 Å². The zero-order valence-corrected chi connectivity index (χ0v) is 11.0. The second-order valence-electron chi connectivity index (χ2n) is 4.40. The normalized spacial score (nSPS) is 10.2. The van der Waals surface area contributed by atoms with Crippen LogP contribution in [0.3, 0.4) is 0 Å². The fraction of sp³-hybridized carbons (Fsp3) is 0.0714. The number of nitrogens with zero attached hydrogens (tertiary/aromatic N) is 1. The molecule has 0 aromatic heterocycles. The predicted molar refractivity (Wildman–Crippen MR) is 74.5 cm³/mol. The summed E-state index contributed by atoms with van der Waals surface area (Å²) in [5, 5.41) is 22.5. The largest absolute Gasteiger partial charge is 0.477 e. The third-order valence-corrected chi connectivity index (χ3v) is 2.83. The van der Waals surface area contributed by atoms with Gasteiger partial charge in [-0.25, -0.2) is 9.18 Å². The number of anilines is 2. The van der Waals surface area contributed by atoms with E-state index in [-0.39, 0.29) is 11.4 Å². The van der Waals surface area contributed by atoms with Crippen LogP contribution in [0.15, 0.2) is 36.4 Å². The molecule has 0 saturated carbocycles. The number of hydrogen-bond acceptors (Lipinski definition) is 4. The highest BCUT2D eigenvalue weighted by atomic mass is 19.1. The minimum atomic E-state index is -1.39. The number of rotatable bonds is 4. The molecule has 7 heteroatoms. The van der Waals surface area contributed by atoms with Crippen molar-refractivity contribution >= 4 is 23.0 Å². The third kappa shape index (κ3) is 3.14. The highest BCUT2D eigenvalue weighted by molar-refractivity contribution is 5.93. The first-order valence-corrected chi connectivity index (χ1v) is 5.93. The molecule has 0 aliphatic rings. The molecular weight excluding hydrogens is 279 g/mol. The lowest BCUT2D eigenvalue weighted by atomic mass is 10.1. The van der Waals surface area contributed by atoms with Gasteiger partial charge in [0.15, 0.2) is 0 Å². The highest BCUT2D eigenvalue weighted by Gasteiger charge is 2.20. The summed E-state index contributed by atoms with van der Waals surface area (Å²) in [6.07, 6.45) is 0. The van der Waals surface area contributed by atoms with Crippen molar-refractivity contribution in [2.45, 2.75) is 6.92 Å². The van der Waals surface area contributed by atoms with Crippen molar-refractivity contribution in [2.24, 2.45) is 0 Å². The van der Waals surface area contributed by atoms with Gasteiger partial charge in [-0.1, -0.05) is 6.07 Å². The highest BCUT2D eigenvalue weighted by Crippen LogP contribution is 2.27. The molecule has 0 atom stereocenters. The van der Waals surface area contributed by atoms with E-state index in [1.54, 1.807) is 13.0 Å². The summed E-state index contributed by atoms with van der Waals surface area (Å²) >= 11 is 0. The fourth-order valence-electron chi connectivity index (χ4n) is 1.82. The SMILES string of the molecule is Cc1ccc(Nc2ccc(C(=O)O)c([N+](=O)[O-])c2)c(F)c1. The molecule has 2 aromatic carbocycles. The van der Waals surface area contributed by atoms with Gasteiger partial charge in [0.25, 0.3) is 5.69 Å². The maximum Gasteiger partial charge on any atom is 0.342 e. The second kappa shape index (κ2) is 5.58. The minimum absolute atomic E-state index is 0.151. The number of halogens is 1. The van der Waals surface area contributed by atoms with Crippen molar-refractivity contribution in [3.05, 3.63) is 63.5 Å². The minimum Gasteiger partial charge on any atom is -0.477 e. The van der Waals surface area contributed by atoms with E-state index in [2.05, 4.69) is 5.32 Å². The quantitative estimate of drug-likeness (QED) is 0.664. The lowest BCUT2D eigenvalue weighted by Gasteiger charge is -2.09. The summed E-state index contributed by atoms with van der Waals surface area (Å²) in [5.74, 6) is -1.89. The second-order valence-corrected chi connectivity index (χ2v) is 4.40. The van der Waals surface area contributed by atoms with E-state index >= 15 is 0 Å². The Hall–Kier alpha value is -2.96. The van der Waals surface area contributed by atoms with Crippen LogP contribution < -0.4 is 5.32 Å².